The zero-order valence-electron chi connectivity index (χ0n) is 10.1. The molecule has 0 saturated carbocycles. The van der Waals surface area contributed by atoms with Crippen molar-refractivity contribution in [1.29, 1.82) is 0 Å². The number of anilines is 1. The third-order valence-electron chi connectivity index (χ3n) is 2.42. The number of aliphatic carboxylic acids is 1. The molecule has 0 heterocycles. The van der Waals surface area contributed by atoms with Gasteiger partial charge in [-0.25, -0.2) is 4.39 Å². The molecule has 0 aliphatic rings. The minimum atomic E-state index is -1.03. The Kier molecular flexibility index (Phi) is 5.19. The summed E-state index contributed by atoms with van der Waals surface area (Å²) in [7, 11) is 1.35. The van der Waals surface area contributed by atoms with Crippen LogP contribution in [0, 0.1) is 15.9 Å². The fourth-order valence-electron chi connectivity index (χ4n) is 1.42. The van der Waals surface area contributed by atoms with E-state index in [1.54, 1.807) is 0 Å². The number of rotatable bonds is 7. The Labute approximate surface area is 108 Å². The molecular weight excluding hydrogens is 259 g/mol. The molecule has 1 unspecified atom stereocenters. The van der Waals surface area contributed by atoms with Crippen molar-refractivity contribution in [2.24, 2.45) is 0 Å². The second-order valence-electron chi connectivity index (χ2n) is 3.76. The number of carboxylic acid groups (broad SMARTS) is 1. The molecule has 0 fully saturated rings. The predicted octanol–water partition coefficient (Wildman–Crippen LogP) is 1.64. The number of halogens is 1. The highest BCUT2D eigenvalue weighted by atomic mass is 19.1. The van der Waals surface area contributed by atoms with Gasteiger partial charge >= 0.3 is 5.97 Å². The van der Waals surface area contributed by atoms with E-state index >= 15 is 0 Å². The molecule has 1 rings (SSSR count). The fraction of sp³-hybridized carbons (Fsp3) is 0.364. The van der Waals surface area contributed by atoms with Crippen molar-refractivity contribution in [2.45, 2.75) is 12.5 Å². The number of nitro groups is 1. The van der Waals surface area contributed by atoms with E-state index in [9.17, 15) is 19.3 Å². The van der Waals surface area contributed by atoms with Gasteiger partial charge in [-0.2, -0.15) is 0 Å². The predicted molar refractivity (Wildman–Crippen MR) is 64.6 cm³/mol. The average Bonchev–Trinajstić information content (AvgIpc) is 2.34. The van der Waals surface area contributed by atoms with Crippen molar-refractivity contribution < 1.29 is 24.0 Å². The van der Waals surface area contributed by atoms with E-state index in [0.717, 1.165) is 12.1 Å². The smallest absolute Gasteiger partial charge is 0.306 e. The van der Waals surface area contributed by atoms with Crippen LogP contribution in [0.2, 0.25) is 0 Å². The molecule has 0 spiro atoms. The highest BCUT2D eigenvalue weighted by molar-refractivity contribution is 5.67. The molecule has 2 N–H and O–H groups in total. The van der Waals surface area contributed by atoms with Gasteiger partial charge in [-0.15, -0.1) is 0 Å². The summed E-state index contributed by atoms with van der Waals surface area (Å²) in [5, 5.41) is 21.7. The van der Waals surface area contributed by atoms with Crippen LogP contribution in [0.1, 0.15) is 6.42 Å². The molecule has 0 bridgehead atoms. The Morgan fingerprint density at radius 1 is 1.63 bits per heavy atom. The van der Waals surface area contributed by atoms with E-state index in [0.29, 0.717) is 0 Å². The summed E-state index contributed by atoms with van der Waals surface area (Å²) in [5.74, 6) is -1.81. The molecule has 1 atom stereocenters. The first-order chi connectivity index (χ1) is 8.93. The van der Waals surface area contributed by atoms with E-state index in [1.807, 2.05) is 0 Å². The van der Waals surface area contributed by atoms with Crippen LogP contribution in [-0.2, 0) is 9.53 Å². The summed E-state index contributed by atoms with van der Waals surface area (Å²) in [6.07, 6.45) is -0.843. The number of nitrogens with zero attached hydrogens (tertiary/aromatic N) is 1. The number of methoxy groups -OCH3 is 1. The number of nitro benzene ring substituents is 1. The zero-order valence-corrected chi connectivity index (χ0v) is 10.1. The average molecular weight is 272 g/mol. The van der Waals surface area contributed by atoms with E-state index in [4.69, 9.17) is 9.84 Å². The lowest BCUT2D eigenvalue weighted by molar-refractivity contribution is -0.385. The van der Waals surface area contributed by atoms with Gasteiger partial charge in [0.25, 0.3) is 5.69 Å². The monoisotopic (exact) mass is 272 g/mol. The maximum atomic E-state index is 13.5. The second-order valence-corrected chi connectivity index (χ2v) is 3.76. The molecule has 0 aromatic heterocycles. The number of hydrogen-bond acceptors (Lipinski definition) is 5. The highest BCUT2D eigenvalue weighted by Gasteiger charge is 2.14. The minimum absolute atomic E-state index is 0.0537. The van der Waals surface area contributed by atoms with E-state index in [2.05, 4.69) is 5.32 Å². The van der Waals surface area contributed by atoms with Crippen LogP contribution < -0.4 is 5.32 Å². The Morgan fingerprint density at radius 3 is 2.79 bits per heavy atom. The summed E-state index contributed by atoms with van der Waals surface area (Å²) in [5.41, 5.74) is -0.296. The number of hydrogen-bond donors (Lipinski definition) is 2. The SMILES string of the molecule is COC(CNc1ccc([N+](=O)[O-])cc1F)CC(=O)O. The summed E-state index contributed by atoms with van der Waals surface area (Å²) in [6.45, 7) is 0.0809. The van der Waals surface area contributed by atoms with Gasteiger partial charge < -0.3 is 15.2 Å². The van der Waals surface area contributed by atoms with Gasteiger partial charge in [-0.05, 0) is 6.07 Å². The molecule has 19 heavy (non-hydrogen) atoms. The molecule has 0 radical (unpaired) electrons. The molecule has 0 amide bonds. The van der Waals surface area contributed by atoms with Crippen LogP contribution in [-0.4, -0.2) is 35.8 Å². The Morgan fingerprint density at radius 2 is 2.32 bits per heavy atom. The first-order valence-electron chi connectivity index (χ1n) is 5.36. The molecule has 1 aromatic carbocycles. The maximum absolute atomic E-state index is 13.5. The van der Waals surface area contributed by atoms with Gasteiger partial charge in [-0.3, -0.25) is 14.9 Å². The third kappa shape index (κ3) is 4.51. The number of carboxylic acids is 1. The van der Waals surface area contributed by atoms with Crippen LogP contribution in [0.4, 0.5) is 15.8 Å². The molecule has 7 nitrogen and oxygen atoms in total. The van der Waals surface area contributed by atoms with Gasteiger partial charge in [0.2, 0.25) is 0 Å². The molecule has 1 aromatic rings. The van der Waals surface area contributed by atoms with E-state index in [-0.39, 0.29) is 24.3 Å². The summed E-state index contributed by atoms with van der Waals surface area (Å²) >= 11 is 0. The first kappa shape index (κ1) is 14.8. The minimum Gasteiger partial charge on any atom is -0.481 e. The van der Waals surface area contributed by atoms with Crippen molar-refractivity contribution in [3.8, 4) is 0 Å². The van der Waals surface area contributed by atoms with Gasteiger partial charge in [0.05, 0.1) is 29.2 Å². The number of nitrogens with one attached hydrogen (secondary N) is 1. The zero-order chi connectivity index (χ0) is 14.4. The number of carbonyl (C=O) groups is 1. The molecule has 8 heteroatoms. The lowest BCUT2D eigenvalue weighted by atomic mass is 10.2. The van der Waals surface area contributed by atoms with E-state index < -0.39 is 22.8 Å². The van der Waals surface area contributed by atoms with Crippen molar-refractivity contribution in [2.75, 3.05) is 19.0 Å². The van der Waals surface area contributed by atoms with Crippen molar-refractivity contribution in [3.05, 3.63) is 34.1 Å². The Hall–Kier alpha value is -2.22. The van der Waals surface area contributed by atoms with Crippen molar-refractivity contribution in [1.82, 2.24) is 0 Å². The van der Waals surface area contributed by atoms with Gasteiger partial charge in [0.15, 0.2) is 5.82 Å². The lowest BCUT2D eigenvalue weighted by Gasteiger charge is -2.15. The van der Waals surface area contributed by atoms with E-state index in [1.165, 1.54) is 13.2 Å². The van der Waals surface area contributed by atoms with Gasteiger partial charge in [-0.1, -0.05) is 0 Å². The van der Waals surface area contributed by atoms with Crippen LogP contribution in [0.15, 0.2) is 18.2 Å². The largest absolute Gasteiger partial charge is 0.481 e. The Bertz CT molecular complexity index is 480. The van der Waals surface area contributed by atoms with Crippen LogP contribution in [0.3, 0.4) is 0 Å². The highest BCUT2D eigenvalue weighted by Crippen LogP contribution is 2.20. The number of non-ortho nitro benzene ring substituents is 1. The fourth-order valence-corrected chi connectivity index (χ4v) is 1.42. The second kappa shape index (κ2) is 6.64. The molecular formula is C11H13FN2O5. The first-order valence-corrected chi connectivity index (χ1v) is 5.36. The Balaban J connectivity index is 2.67. The summed E-state index contributed by atoms with van der Waals surface area (Å²) in [4.78, 5) is 20.2. The van der Waals surface area contributed by atoms with Crippen LogP contribution >= 0.6 is 0 Å². The molecule has 0 aliphatic carbocycles. The quantitative estimate of drug-likeness (QED) is 0.578. The van der Waals surface area contributed by atoms with Crippen molar-refractivity contribution >= 4 is 17.3 Å². The number of ether oxygens (including phenoxy) is 1. The van der Waals surface area contributed by atoms with Gasteiger partial charge in [0.1, 0.15) is 0 Å². The normalized spacial score (nSPS) is 11.9. The summed E-state index contributed by atoms with van der Waals surface area (Å²) < 4.78 is 18.4. The van der Waals surface area contributed by atoms with Crippen LogP contribution in [0.5, 0.6) is 0 Å². The molecule has 0 saturated heterocycles. The van der Waals surface area contributed by atoms with Crippen molar-refractivity contribution in [3.63, 3.8) is 0 Å². The molecule has 104 valence electrons. The molecule has 0 aliphatic heterocycles. The topological polar surface area (TPSA) is 102 Å². The maximum Gasteiger partial charge on any atom is 0.306 e. The lowest BCUT2D eigenvalue weighted by Crippen LogP contribution is -2.25. The summed E-state index contributed by atoms with van der Waals surface area (Å²) in [6, 6.07) is 3.17. The standard InChI is InChI=1S/C11H13FN2O5/c1-19-8(5-11(15)16)6-13-10-3-2-7(14(17)18)4-9(10)12/h2-4,8,13H,5-6H2,1H3,(H,15,16). The van der Waals surface area contributed by atoms with Gasteiger partial charge in [0, 0.05) is 19.7 Å². The number of benzene rings is 1. The third-order valence-corrected chi connectivity index (χ3v) is 2.42. The van der Waals surface area contributed by atoms with Crippen LogP contribution in [0.25, 0.3) is 0 Å².